The standard InChI is InChI=1S/C15H17ClO/c1-2-3-4-5-6-7-8-15(17)13-9-11-14(16)12-10-13/h9-12H,2-6H2,1H3. The molecule has 0 fully saturated rings. The van der Waals surface area contributed by atoms with E-state index in [0.717, 1.165) is 12.8 Å². The SMILES string of the molecule is CCCCCCC#CC(=O)c1ccc(Cl)cc1. The molecular formula is C15H17ClO. The van der Waals surface area contributed by atoms with Gasteiger partial charge in [0.25, 0.3) is 0 Å². The lowest BCUT2D eigenvalue weighted by Crippen LogP contribution is -1.93. The van der Waals surface area contributed by atoms with Gasteiger partial charge in [-0.3, -0.25) is 4.79 Å². The average molecular weight is 249 g/mol. The van der Waals surface area contributed by atoms with Crippen molar-refractivity contribution >= 4 is 17.4 Å². The monoisotopic (exact) mass is 248 g/mol. The zero-order valence-electron chi connectivity index (χ0n) is 10.1. The van der Waals surface area contributed by atoms with E-state index in [-0.39, 0.29) is 5.78 Å². The number of carbonyl (C=O) groups is 1. The highest BCUT2D eigenvalue weighted by Gasteiger charge is 2.00. The van der Waals surface area contributed by atoms with Gasteiger partial charge in [-0.2, -0.15) is 0 Å². The van der Waals surface area contributed by atoms with Gasteiger partial charge in [0.15, 0.2) is 0 Å². The van der Waals surface area contributed by atoms with Crippen molar-refractivity contribution in [2.45, 2.75) is 39.0 Å². The molecule has 0 saturated heterocycles. The lowest BCUT2D eigenvalue weighted by Gasteiger charge is -1.94. The molecule has 0 N–H and O–H groups in total. The lowest BCUT2D eigenvalue weighted by molar-refractivity contribution is 0.105. The van der Waals surface area contributed by atoms with Crippen molar-refractivity contribution in [2.24, 2.45) is 0 Å². The number of hydrogen-bond acceptors (Lipinski definition) is 1. The van der Waals surface area contributed by atoms with Crippen LogP contribution in [0.4, 0.5) is 0 Å². The third-order valence-corrected chi connectivity index (χ3v) is 2.72. The number of halogens is 1. The molecule has 0 spiro atoms. The fraction of sp³-hybridized carbons (Fsp3) is 0.400. The summed E-state index contributed by atoms with van der Waals surface area (Å²) in [5, 5.41) is 0.633. The molecule has 0 bridgehead atoms. The maximum atomic E-state index is 11.6. The Labute approximate surface area is 108 Å². The molecule has 0 amide bonds. The first kappa shape index (κ1) is 13.8. The maximum absolute atomic E-state index is 11.6. The van der Waals surface area contributed by atoms with Crippen molar-refractivity contribution in [3.8, 4) is 11.8 Å². The Morgan fingerprint density at radius 2 is 1.88 bits per heavy atom. The summed E-state index contributed by atoms with van der Waals surface area (Å²) in [7, 11) is 0. The van der Waals surface area contributed by atoms with E-state index in [0.29, 0.717) is 10.6 Å². The normalized spacial score (nSPS) is 9.53. The summed E-state index contributed by atoms with van der Waals surface area (Å²) < 4.78 is 0. The number of rotatable bonds is 5. The lowest BCUT2D eigenvalue weighted by atomic mass is 10.1. The largest absolute Gasteiger partial charge is 0.279 e. The summed E-state index contributed by atoms with van der Waals surface area (Å²) in [6, 6.07) is 6.82. The third kappa shape index (κ3) is 5.56. The Hall–Kier alpha value is -1.26. The van der Waals surface area contributed by atoms with Gasteiger partial charge in [-0.25, -0.2) is 0 Å². The van der Waals surface area contributed by atoms with Crippen molar-refractivity contribution in [3.63, 3.8) is 0 Å². The van der Waals surface area contributed by atoms with Gasteiger partial charge in [0.05, 0.1) is 0 Å². The van der Waals surface area contributed by atoms with Crippen LogP contribution in [-0.4, -0.2) is 5.78 Å². The van der Waals surface area contributed by atoms with E-state index in [2.05, 4.69) is 18.8 Å². The van der Waals surface area contributed by atoms with Gasteiger partial charge in [-0.1, -0.05) is 43.7 Å². The van der Waals surface area contributed by atoms with Crippen LogP contribution in [0.1, 0.15) is 49.4 Å². The molecular weight excluding hydrogens is 232 g/mol. The van der Waals surface area contributed by atoms with Crippen molar-refractivity contribution in [3.05, 3.63) is 34.9 Å². The molecule has 1 rings (SSSR count). The minimum absolute atomic E-state index is 0.128. The average Bonchev–Trinajstić information content (AvgIpc) is 2.34. The molecule has 0 aliphatic carbocycles. The number of hydrogen-bond donors (Lipinski definition) is 0. The van der Waals surface area contributed by atoms with E-state index in [4.69, 9.17) is 11.6 Å². The van der Waals surface area contributed by atoms with E-state index >= 15 is 0 Å². The highest BCUT2D eigenvalue weighted by molar-refractivity contribution is 6.30. The second-order valence-electron chi connectivity index (χ2n) is 3.95. The van der Waals surface area contributed by atoms with Crippen LogP contribution in [-0.2, 0) is 0 Å². The number of Topliss-reactive ketones (excluding diaryl/α,β-unsaturated/α-hetero) is 1. The first-order chi connectivity index (χ1) is 8.24. The van der Waals surface area contributed by atoms with E-state index in [1.54, 1.807) is 24.3 Å². The summed E-state index contributed by atoms with van der Waals surface area (Å²) in [5.41, 5.74) is 0.607. The maximum Gasteiger partial charge on any atom is 0.235 e. The first-order valence-electron chi connectivity index (χ1n) is 6.03. The molecule has 0 unspecified atom stereocenters. The van der Waals surface area contributed by atoms with Gasteiger partial charge in [0, 0.05) is 17.0 Å². The molecule has 0 aromatic heterocycles. The molecule has 2 heteroatoms. The fourth-order valence-corrected chi connectivity index (χ4v) is 1.58. The van der Waals surface area contributed by atoms with Crippen molar-refractivity contribution in [1.82, 2.24) is 0 Å². The van der Waals surface area contributed by atoms with Crippen LogP contribution in [0.15, 0.2) is 24.3 Å². The van der Waals surface area contributed by atoms with Gasteiger partial charge < -0.3 is 0 Å². The third-order valence-electron chi connectivity index (χ3n) is 2.46. The smallest absolute Gasteiger partial charge is 0.235 e. The first-order valence-corrected chi connectivity index (χ1v) is 6.40. The zero-order valence-corrected chi connectivity index (χ0v) is 10.9. The minimum Gasteiger partial charge on any atom is -0.279 e. The van der Waals surface area contributed by atoms with Gasteiger partial charge in [0.2, 0.25) is 5.78 Å². The predicted octanol–water partition coefficient (Wildman–Crippen LogP) is 4.50. The Kier molecular flexibility index (Phi) is 6.43. The van der Waals surface area contributed by atoms with Gasteiger partial charge in [-0.05, 0) is 36.6 Å². The number of benzene rings is 1. The van der Waals surface area contributed by atoms with Crippen molar-refractivity contribution in [1.29, 1.82) is 0 Å². The Morgan fingerprint density at radius 3 is 2.53 bits per heavy atom. The van der Waals surface area contributed by atoms with Crippen LogP contribution >= 0.6 is 11.6 Å². The summed E-state index contributed by atoms with van der Waals surface area (Å²) in [5.74, 6) is 5.46. The fourth-order valence-electron chi connectivity index (χ4n) is 1.46. The Morgan fingerprint density at radius 1 is 1.18 bits per heavy atom. The Balaban J connectivity index is 2.39. The predicted molar refractivity (Wildman–Crippen MR) is 72.3 cm³/mol. The second kappa shape index (κ2) is 7.92. The van der Waals surface area contributed by atoms with Gasteiger partial charge in [-0.15, -0.1) is 0 Å². The van der Waals surface area contributed by atoms with Crippen LogP contribution in [0, 0.1) is 11.8 Å². The van der Waals surface area contributed by atoms with Gasteiger partial charge >= 0.3 is 0 Å². The summed E-state index contributed by atoms with van der Waals surface area (Å²) in [6.45, 7) is 2.18. The van der Waals surface area contributed by atoms with Crippen LogP contribution < -0.4 is 0 Å². The zero-order chi connectivity index (χ0) is 12.5. The molecule has 17 heavy (non-hydrogen) atoms. The molecule has 0 radical (unpaired) electrons. The highest BCUT2D eigenvalue weighted by Crippen LogP contribution is 2.09. The summed E-state index contributed by atoms with van der Waals surface area (Å²) in [4.78, 5) is 11.6. The molecule has 1 nitrogen and oxygen atoms in total. The van der Waals surface area contributed by atoms with Crippen molar-refractivity contribution < 1.29 is 4.79 Å². The molecule has 0 atom stereocenters. The molecule has 0 aliphatic rings. The second-order valence-corrected chi connectivity index (χ2v) is 4.38. The van der Waals surface area contributed by atoms with E-state index < -0.39 is 0 Å². The summed E-state index contributed by atoms with van der Waals surface area (Å²) in [6.07, 6.45) is 5.54. The molecule has 1 aromatic rings. The van der Waals surface area contributed by atoms with E-state index in [9.17, 15) is 4.79 Å². The van der Waals surface area contributed by atoms with Crippen LogP contribution in [0.2, 0.25) is 5.02 Å². The molecule has 1 aromatic carbocycles. The van der Waals surface area contributed by atoms with Crippen LogP contribution in [0.5, 0.6) is 0 Å². The number of carbonyl (C=O) groups excluding carboxylic acids is 1. The minimum atomic E-state index is -0.128. The quantitative estimate of drug-likeness (QED) is 0.325. The summed E-state index contributed by atoms with van der Waals surface area (Å²) >= 11 is 5.74. The number of ketones is 1. The van der Waals surface area contributed by atoms with Crippen LogP contribution in [0.3, 0.4) is 0 Å². The van der Waals surface area contributed by atoms with Crippen molar-refractivity contribution in [2.75, 3.05) is 0 Å². The molecule has 0 heterocycles. The van der Waals surface area contributed by atoms with Crippen LogP contribution in [0.25, 0.3) is 0 Å². The van der Waals surface area contributed by atoms with Gasteiger partial charge in [0.1, 0.15) is 0 Å². The molecule has 90 valence electrons. The number of unbranched alkanes of at least 4 members (excludes halogenated alkanes) is 4. The van der Waals surface area contributed by atoms with E-state index in [1.807, 2.05) is 0 Å². The topological polar surface area (TPSA) is 17.1 Å². The van der Waals surface area contributed by atoms with E-state index in [1.165, 1.54) is 19.3 Å². The highest BCUT2D eigenvalue weighted by atomic mass is 35.5. The molecule has 0 saturated carbocycles. The Bertz CT molecular complexity index is 409. The molecule has 0 aliphatic heterocycles.